The Labute approximate surface area is 302 Å². The van der Waals surface area contributed by atoms with Crippen molar-refractivity contribution in [3.63, 3.8) is 0 Å². The van der Waals surface area contributed by atoms with Crippen molar-refractivity contribution in [1.82, 2.24) is 10.2 Å². The van der Waals surface area contributed by atoms with Gasteiger partial charge in [0.25, 0.3) is 0 Å². The lowest BCUT2D eigenvalue weighted by Gasteiger charge is -2.23. The Morgan fingerprint density at radius 1 is 0.460 bits per heavy atom. The number of ketones is 2. The van der Waals surface area contributed by atoms with Gasteiger partial charge in [0, 0.05) is 51.7 Å². The number of nitrogens with zero attached hydrogens (tertiary/aromatic N) is 1. The Morgan fingerprint density at radius 2 is 0.840 bits per heavy atom. The number of hydrogen-bond acceptors (Lipinski definition) is 9. The van der Waals surface area contributed by atoms with E-state index in [1.165, 1.54) is 65.2 Å². The van der Waals surface area contributed by atoms with Crippen LogP contribution in [0.15, 0.2) is 0 Å². The van der Waals surface area contributed by atoms with E-state index in [0.717, 1.165) is 38.5 Å². The molecule has 50 heavy (non-hydrogen) atoms. The summed E-state index contributed by atoms with van der Waals surface area (Å²) in [7, 11) is 0. The molecular weight excluding hydrogens is 644 g/mol. The quantitative estimate of drug-likeness (QED) is 0.0717. The van der Waals surface area contributed by atoms with E-state index in [2.05, 4.69) is 5.32 Å². The first-order valence-electron chi connectivity index (χ1n) is 19.3. The molecule has 0 aliphatic rings. The molecule has 12 heteroatoms. The molecule has 0 saturated carbocycles. The zero-order valence-electron chi connectivity index (χ0n) is 31.5. The number of aliphatic carboxylic acids is 1. The first-order valence-corrected chi connectivity index (χ1v) is 19.3. The Kier molecular flexibility index (Phi) is 34.6. The molecule has 0 aliphatic heterocycles. The summed E-state index contributed by atoms with van der Waals surface area (Å²) < 4.78 is 22.0. The van der Waals surface area contributed by atoms with Gasteiger partial charge in [-0.2, -0.15) is 0 Å². The molecule has 0 aliphatic carbocycles. The standard InChI is InChI=1S/C38H70N2O10/c1-34(41)21-26-47-30-32-49-28-24-40(25-29-50-33-31-48-27-22-35(2)42)37(44)19-17-23-39-36(43)18-15-13-11-9-7-5-3-4-6-8-10-12-14-16-20-38(45)46/h3-33H2,1-2H3,(H,39,43)(H,45,46). The van der Waals surface area contributed by atoms with Gasteiger partial charge in [-0.15, -0.1) is 0 Å². The van der Waals surface area contributed by atoms with Gasteiger partial charge in [-0.3, -0.25) is 24.0 Å². The Balaban J connectivity index is 3.97. The molecule has 0 rings (SSSR count). The fourth-order valence-corrected chi connectivity index (χ4v) is 5.18. The highest BCUT2D eigenvalue weighted by Crippen LogP contribution is 2.14. The number of hydrogen-bond donors (Lipinski definition) is 2. The number of rotatable bonds is 39. The summed E-state index contributed by atoms with van der Waals surface area (Å²) in [6, 6.07) is 0. The lowest BCUT2D eigenvalue weighted by molar-refractivity contribution is -0.137. The zero-order chi connectivity index (χ0) is 36.9. The zero-order valence-corrected chi connectivity index (χ0v) is 31.5. The fourth-order valence-electron chi connectivity index (χ4n) is 5.18. The van der Waals surface area contributed by atoms with Crippen LogP contribution >= 0.6 is 0 Å². The second-order valence-electron chi connectivity index (χ2n) is 13.0. The highest BCUT2D eigenvalue weighted by atomic mass is 16.5. The largest absolute Gasteiger partial charge is 0.481 e. The van der Waals surface area contributed by atoms with Crippen molar-refractivity contribution in [1.29, 1.82) is 0 Å². The molecule has 0 saturated heterocycles. The lowest BCUT2D eigenvalue weighted by Crippen LogP contribution is -2.37. The molecule has 0 atom stereocenters. The maximum atomic E-state index is 12.9. The minimum Gasteiger partial charge on any atom is -0.481 e. The molecular formula is C38H70N2O10. The van der Waals surface area contributed by atoms with Crippen molar-refractivity contribution < 1.29 is 48.0 Å². The van der Waals surface area contributed by atoms with Crippen molar-refractivity contribution in [2.24, 2.45) is 0 Å². The third kappa shape index (κ3) is 36.9. The molecule has 0 aromatic rings. The van der Waals surface area contributed by atoms with Crippen LogP contribution in [0.1, 0.15) is 142 Å². The Bertz CT molecular complexity index is 841. The molecule has 0 spiro atoms. The second-order valence-corrected chi connectivity index (χ2v) is 13.0. The number of Topliss-reactive ketones (excluding diaryl/α,β-unsaturated/α-hetero) is 2. The first-order chi connectivity index (χ1) is 24.2. The molecule has 0 aromatic heterocycles. The van der Waals surface area contributed by atoms with E-state index in [-0.39, 0.29) is 23.4 Å². The highest BCUT2D eigenvalue weighted by Gasteiger charge is 2.13. The fraction of sp³-hybridized carbons (Fsp3) is 0.868. The average molecular weight is 715 g/mol. The average Bonchev–Trinajstić information content (AvgIpc) is 3.07. The molecule has 292 valence electrons. The van der Waals surface area contributed by atoms with Gasteiger partial charge in [0.2, 0.25) is 11.8 Å². The Hall–Kier alpha value is -2.41. The number of carboxylic acid groups (broad SMARTS) is 1. The molecule has 0 unspecified atom stereocenters. The molecule has 0 radical (unpaired) electrons. The topological polar surface area (TPSA) is 158 Å². The van der Waals surface area contributed by atoms with Gasteiger partial charge in [-0.25, -0.2) is 0 Å². The first kappa shape index (κ1) is 47.6. The number of carbonyl (C=O) groups excluding carboxylic acids is 4. The summed E-state index contributed by atoms with van der Waals surface area (Å²) >= 11 is 0. The third-order valence-corrected chi connectivity index (χ3v) is 8.24. The lowest BCUT2D eigenvalue weighted by atomic mass is 10.0. The van der Waals surface area contributed by atoms with E-state index in [0.29, 0.717) is 111 Å². The normalized spacial score (nSPS) is 11.1. The molecule has 12 nitrogen and oxygen atoms in total. The predicted octanol–water partition coefficient (Wildman–Crippen LogP) is 6.06. The van der Waals surface area contributed by atoms with Crippen LogP contribution in [-0.2, 0) is 42.9 Å². The van der Waals surface area contributed by atoms with E-state index in [4.69, 9.17) is 24.1 Å². The van der Waals surface area contributed by atoms with E-state index in [1.807, 2.05) is 0 Å². The molecule has 2 amide bonds. The van der Waals surface area contributed by atoms with Gasteiger partial charge in [-0.05, 0) is 33.1 Å². The van der Waals surface area contributed by atoms with Crippen LogP contribution in [0.5, 0.6) is 0 Å². The van der Waals surface area contributed by atoms with Crippen molar-refractivity contribution in [2.75, 3.05) is 72.5 Å². The minimum atomic E-state index is -0.694. The van der Waals surface area contributed by atoms with E-state index in [9.17, 15) is 24.0 Å². The second kappa shape index (κ2) is 36.4. The summed E-state index contributed by atoms with van der Waals surface area (Å²) in [5, 5.41) is 11.6. The van der Waals surface area contributed by atoms with Crippen molar-refractivity contribution in [2.45, 2.75) is 142 Å². The smallest absolute Gasteiger partial charge is 0.303 e. The van der Waals surface area contributed by atoms with Crippen LogP contribution in [0, 0.1) is 0 Å². The SMILES string of the molecule is CC(=O)CCOCCOCCN(CCOCCOCCC(C)=O)C(=O)CCCNC(=O)CCCCCCCCCCCCCCCCC(=O)O. The molecule has 0 heterocycles. The number of ether oxygens (including phenoxy) is 4. The van der Waals surface area contributed by atoms with Crippen LogP contribution in [0.4, 0.5) is 0 Å². The number of carbonyl (C=O) groups is 5. The highest BCUT2D eigenvalue weighted by molar-refractivity contribution is 5.77. The summed E-state index contributed by atoms with van der Waals surface area (Å²) in [5.74, 6) is -0.511. The van der Waals surface area contributed by atoms with Crippen LogP contribution in [0.2, 0.25) is 0 Å². The molecule has 2 N–H and O–H groups in total. The van der Waals surface area contributed by atoms with Crippen LogP contribution in [-0.4, -0.2) is 112 Å². The van der Waals surface area contributed by atoms with Crippen molar-refractivity contribution >= 4 is 29.4 Å². The number of unbranched alkanes of at least 4 members (excludes halogenated alkanes) is 13. The molecule has 0 fully saturated rings. The summed E-state index contributed by atoms with van der Waals surface area (Å²) in [6.07, 6.45) is 18.5. The third-order valence-electron chi connectivity index (χ3n) is 8.24. The van der Waals surface area contributed by atoms with E-state index < -0.39 is 5.97 Å². The van der Waals surface area contributed by atoms with Gasteiger partial charge < -0.3 is 34.3 Å². The summed E-state index contributed by atoms with van der Waals surface area (Å²) in [5.41, 5.74) is 0. The van der Waals surface area contributed by atoms with E-state index in [1.54, 1.807) is 4.90 Å². The van der Waals surface area contributed by atoms with Crippen LogP contribution in [0.25, 0.3) is 0 Å². The summed E-state index contributed by atoms with van der Waals surface area (Å²) in [4.78, 5) is 59.4. The number of carboxylic acids is 1. The monoisotopic (exact) mass is 715 g/mol. The van der Waals surface area contributed by atoms with Crippen LogP contribution < -0.4 is 5.32 Å². The molecule has 0 bridgehead atoms. The van der Waals surface area contributed by atoms with Crippen molar-refractivity contribution in [3.8, 4) is 0 Å². The predicted molar refractivity (Wildman–Crippen MR) is 194 cm³/mol. The summed E-state index contributed by atoms with van der Waals surface area (Å²) in [6.45, 7) is 7.32. The maximum absolute atomic E-state index is 12.9. The van der Waals surface area contributed by atoms with Crippen molar-refractivity contribution in [3.05, 3.63) is 0 Å². The number of amides is 2. The van der Waals surface area contributed by atoms with Crippen LogP contribution in [0.3, 0.4) is 0 Å². The van der Waals surface area contributed by atoms with Gasteiger partial charge in [-0.1, -0.05) is 77.0 Å². The van der Waals surface area contributed by atoms with Gasteiger partial charge >= 0.3 is 5.97 Å². The van der Waals surface area contributed by atoms with Gasteiger partial charge in [0.05, 0.1) is 52.9 Å². The maximum Gasteiger partial charge on any atom is 0.303 e. The number of nitrogens with one attached hydrogen (secondary N) is 1. The molecule has 0 aromatic carbocycles. The Morgan fingerprint density at radius 3 is 1.24 bits per heavy atom. The minimum absolute atomic E-state index is 0.0215. The van der Waals surface area contributed by atoms with Gasteiger partial charge in [0.15, 0.2) is 0 Å². The van der Waals surface area contributed by atoms with E-state index >= 15 is 0 Å². The van der Waals surface area contributed by atoms with Gasteiger partial charge in [0.1, 0.15) is 11.6 Å².